The molecule has 0 radical (unpaired) electrons. The number of halogens is 4. The van der Waals surface area contributed by atoms with E-state index in [0.29, 0.717) is 10.2 Å². The largest absolute Gasteiger partial charge is 0.573 e. The third-order valence-electron chi connectivity index (χ3n) is 3.64. The fourth-order valence-electron chi connectivity index (χ4n) is 2.31. The van der Waals surface area contributed by atoms with Gasteiger partial charge in [-0.15, -0.1) is 13.2 Å². The van der Waals surface area contributed by atoms with Crippen LogP contribution in [0.3, 0.4) is 0 Å². The summed E-state index contributed by atoms with van der Waals surface area (Å²) in [6, 6.07) is 8.38. The van der Waals surface area contributed by atoms with E-state index in [2.05, 4.69) is 15.0 Å². The molecule has 0 fully saturated rings. The molecule has 29 heavy (non-hydrogen) atoms. The van der Waals surface area contributed by atoms with Gasteiger partial charge in [-0.1, -0.05) is 23.5 Å². The number of hydrogen-bond donors (Lipinski definition) is 2. The molecule has 0 aliphatic heterocycles. The van der Waals surface area contributed by atoms with Gasteiger partial charge in [-0.25, -0.2) is 9.37 Å². The first kappa shape index (κ1) is 21.0. The van der Waals surface area contributed by atoms with E-state index in [4.69, 9.17) is 10.5 Å². The van der Waals surface area contributed by atoms with Gasteiger partial charge in [0.1, 0.15) is 17.6 Å². The SMILES string of the molecule is N[C@@H](COCc1ccc(F)cc1)C(=O)Nc1nc2ccc(OC(F)(F)F)cc2s1. The van der Waals surface area contributed by atoms with Crippen LogP contribution in [-0.2, 0) is 16.1 Å². The minimum atomic E-state index is -4.80. The lowest BCUT2D eigenvalue weighted by molar-refractivity contribution is -0.274. The fraction of sp³-hybridized carbons (Fsp3) is 0.222. The summed E-state index contributed by atoms with van der Waals surface area (Å²) in [6.07, 6.45) is -4.80. The van der Waals surface area contributed by atoms with Crippen molar-refractivity contribution in [3.05, 3.63) is 53.8 Å². The third kappa shape index (κ3) is 6.11. The second-order valence-electron chi connectivity index (χ2n) is 5.93. The van der Waals surface area contributed by atoms with Gasteiger partial charge in [0.05, 0.1) is 23.4 Å². The van der Waals surface area contributed by atoms with Gasteiger partial charge in [0.15, 0.2) is 5.13 Å². The van der Waals surface area contributed by atoms with Gasteiger partial charge in [-0.05, 0) is 29.8 Å². The van der Waals surface area contributed by atoms with Crippen molar-refractivity contribution in [2.45, 2.75) is 19.0 Å². The molecule has 1 aromatic heterocycles. The zero-order valence-corrected chi connectivity index (χ0v) is 15.5. The van der Waals surface area contributed by atoms with E-state index < -0.39 is 18.3 Å². The molecular weight excluding hydrogens is 414 g/mol. The molecular formula is C18H15F4N3O3S. The zero-order valence-electron chi connectivity index (χ0n) is 14.7. The number of carbonyl (C=O) groups is 1. The Bertz CT molecular complexity index is 992. The van der Waals surface area contributed by atoms with E-state index in [1.54, 1.807) is 12.1 Å². The Balaban J connectivity index is 1.54. The second kappa shape index (κ2) is 8.72. The van der Waals surface area contributed by atoms with E-state index >= 15 is 0 Å². The van der Waals surface area contributed by atoms with Crippen LogP contribution in [0.4, 0.5) is 22.7 Å². The second-order valence-corrected chi connectivity index (χ2v) is 6.96. The number of nitrogens with two attached hydrogens (primary N) is 1. The summed E-state index contributed by atoms with van der Waals surface area (Å²) in [6.45, 7) is 0.0715. The highest BCUT2D eigenvalue weighted by Gasteiger charge is 2.31. The van der Waals surface area contributed by atoms with E-state index in [1.807, 2.05) is 0 Å². The average Bonchev–Trinajstić information content (AvgIpc) is 3.03. The Morgan fingerprint density at radius 2 is 1.93 bits per heavy atom. The van der Waals surface area contributed by atoms with E-state index in [0.717, 1.165) is 23.0 Å². The van der Waals surface area contributed by atoms with Crippen LogP contribution in [-0.4, -0.2) is 29.9 Å². The molecule has 0 aliphatic carbocycles. The first-order valence-corrected chi connectivity index (χ1v) is 9.06. The summed E-state index contributed by atoms with van der Waals surface area (Å²) in [7, 11) is 0. The standard InChI is InChI=1S/C18H15F4N3O3S/c19-11-3-1-10(2-4-11)8-27-9-13(23)16(26)25-17-24-14-6-5-12(7-15(14)29-17)28-18(20,21)22/h1-7,13H,8-9,23H2,(H,24,25,26)/t13-/m0/s1. The smallest absolute Gasteiger partial charge is 0.406 e. The molecule has 1 heterocycles. The number of amides is 1. The molecule has 0 unspecified atom stereocenters. The predicted octanol–water partition coefficient (Wildman–Crippen LogP) is 3.82. The lowest BCUT2D eigenvalue weighted by Crippen LogP contribution is -2.39. The maximum absolute atomic E-state index is 12.8. The number of rotatable bonds is 7. The number of benzene rings is 2. The van der Waals surface area contributed by atoms with Crippen LogP contribution < -0.4 is 15.8 Å². The van der Waals surface area contributed by atoms with Crippen molar-refractivity contribution in [2.24, 2.45) is 5.73 Å². The molecule has 11 heteroatoms. The number of nitrogens with zero attached hydrogens (tertiary/aromatic N) is 1. The number of anilines is 1. The van der Waals surface area contributed by atoms with Gasteiger partial charge in [0, 0.05) is 6.07 Å². The summed E-state index contributed by atoms with van der Waals surface area (Å²) in [5.41, 5.74) is 6.90. The molecule has 3 N–H and O–H groups in total. The summed E-state index contributed by atoms with van der Waals surface area (Å²) in [4.78, 5) is 16.3. The third-order valence-corrected chi connectivity index (χ3v) is 4.57. The molecule has 0 saturated carbocycles. The minimum absolute atomic E-state index is 0.0856. The van der Waals surface area contributed by atoms with Gasteiger partial charge in [-0.3, -0.25) is 4.79 Å². The van der Waals surface area contributed by atoms with Crippen molar-refractivity contribution in [1.82, 2.24) is 4.98 Å². The molecule has 0 saturated heterocycles. The van der Waals surface area contributed by atoms with Crippen LogP contribution in [0.1, 0.15) is 5.56 Å². The lowest BCUT2D eigenvalue weighted by atomic mass is 10.2. The van der Waals surface area contributed by atoms with Gasteiger partial charge in [0.25, 0.3) is 0 Å². The highest BCUT2D eigenvalue weighted by atomic mass is 32.1. The van der Waals surface area contributed by atoms with Crippen molar-refractivity contribution in [2.75, 3.05) is 11.9 Å². The highest BCUT2D eigenvalue weighted by molar-refractivity contribution is 7.22. The number of ether oxygens (including phenoxy) is 2. The number of nitrogens with one attached hydrogen (secondary N) is 1. The van der Waals surface area contributed by atoms with E-state index in [-0.39, 0.29) is 29.9 Å². The van der Waals surface area contributed by atoms with E-state index in [1.165, 1.54) is 24.3 Å². The van der Waals surface area contributed by atoms with Crippen LogP contribution in [0.15, 0.2) is 42.5 Å². The lowest BCUT2D eigenvalue weighted by Gasteiger charge is -2.11. The Morgan fingerprint density at radius 1 is 1.21 bits per heavy atom. The van der Waals surface area contributed by atoms with Gasteiger partial charge < -0.3 is 20.5 Å². The highest BCUT2D eigenvalue weighted by Crippen LogP contribution is 2.31. The van der Waals surface area contributed by atoms with Crippen LogP contribution in [0.5, 0.6) is 5.75 Å². The number of thiazole rings is 1. The molecule has 1 atom stereocenters. The normalized spacial score (nSPS) is 12.7. The van der Waals surface area contributed by atoms with Crippen LogP contribution >= 0.6 is 11.3 Å². The number of carbonyl (C=O) groups excluding carboxylic acids is 1. The molecule has 6 nitrogen and oxygen atoms in total. The number of hydrogen-bond acceptors (Lipinski definition) is 6. The van der Waals surface area contributed by atoms with Gasteiger partial charge in [-0.2, -0.15) is 0 Å². The fourth-order valence-corrected chi connectivity index (χ4v) is 3.21. The van der Waals surface area contributed by atoms with Crippen molar-refractivity contribution in [3.8, 4) is 5.75 Å². The first-order chi connectivity index (χ1) is 13.7. The Kier molecular flexibility index (Phi) is 6.30. The molecule has 154 valence electrons. The number of alkyl halides is 3. The molecule has 3 aromatic rings. The number of aromatic nitrogens is 1. The molecule has 0 spiro atoms. The summed E-state index contributed by atoms with van der Waals surface area (Å²) < 4.78 is 59.4. The summed E-state index contributed by atoms with van der Waals surface area (Å²) in [5, 5.41) is 2.69. The number of fused-ring (bicyclic) bond motifs is 1. The maximum atomic E-state index is 12.8. The Morgan fingerprint density at radius 3 is 2.62 bits per heavy atom. The molecule has 2 aromatic carbocycles. The minimum Gasteiger partial charge on any atom is -0.406 e. The molecule has 3 rings (SSSR count). The molecule has 1 amide bonds. The van der Waals surface area contributed by atoms with Crippen LogP contribution in [0.25, 0.3) is 10.2 Å². The van der Waals surface area contributed by atoms with Crippen molar-refractivity contribution in [1.29, 1.82) is 0 Å². The van der Waals surface area contributed by atoms with Crippen LogP contribution in [0, 0.1) is 5.82 Å². The van der Waals surface area contributed by atoms with E-state index in [9.17, 15) is 22.4 Å². The first-order valence-electron chi connectivity index (χ1n) is 8.24. The Hall–Kier alpha value is -2.76. The monoisotopic (exact) mass is 429 g/mol. The average molecular weight is 429 g/mol. The zero-order chi connectivity index (χ0) is 21.0. The van der Waals surface area contributed by atoms with Crippen molar-refractivity contribution in [3.63, 3.8) is 0 Å². The topological polar surface area (TPSA) is 86.5 Å². The quantitative estimate of drug-likeness (QED) is 0.558. The van der Waals surface area contributed by atoms with Crippen molar-refractivity contribution >= 4 is 32.6 Å². The van der Waals surface area contributed by atoms with Crippen LogP contribution in [0.2, 0.25) is 0 Å². The maximum Gasteiger partial charge on any atom is 0.573 e. The summed E-state index contributed by atoms with van der Waals surface area (Å²) in [5.74, 6) is -1.30. The predicted molar refractivity (Wildman–Crippen MR) is 99.0 cm³/mol. The molecule has 0 bridgehead atoms. The van der Waals surface area contributed by atoms with Gasteiger partial charge in [0.2, 0.25) is 5.91 Å². The Labute approximate surface area is 166 Å². The summed E-state index contributed by atoms with van der Waals surface area (Å²) >= 11 is 0.983. The van der Waals surface area contributed by atoms with Crippen molar-refractivity contribution < 1.29 is 31.8 Å². The van der Waals surface area contributed by atoms with Gasteiger partial charge >= 0.3 is 6.36 Å². The molecule has 0 aliphatic rings.